The molecular weight excluding hydrogens is 256 g/mol. The van der Waals surface area contributed by atoms with E-state index in [9.17, 15) is 14.7 Å². The monoisotopic (exact) mass is 276 g/mol. The van der Waals surface area contributed by atoms with Gasteiger partial charge in [-0.05, 0) is 38.0 Å². The third kappa shape index (κ3) is 2.24. The standard InChI is InChI=1S/C15H20N2O3/c1-2-7-16(9-10-3-4-10)15(20)17-11-5-6-13(17)12(8-11)14(18)19/h1,10-13H,3-9H2,(H,18,19). The van der Waals surface area contributed by atoms with E-state index in [4.69, 9.17) is 6.42 Å². The van der Waals surface area contributed by atoms with Crippen LogP contribution in [0.1, 0.15) is 32.1 Å². The molecule has 2 heterocycles. The fourth-order valence-corrected chi connectivity index (χ4v) is 3.65. The van der Waals surface area contributed by atoms with Gasteiger partial charge in [-0.15, -0.1) is 6.42 Å². The highest BCUT2D eigenvalue weighted by atomic mass is 16.4. The van der Waals surface area contributed by atoms with Crippen LogP contribution in [-0.4, -0.2) is 52.1 Å². The van der Waals surface area contributed by atoms with Crippen LogP contribution in [-0.2, 0) is 4.79 Å². The van der Waals surface area contributed by atoms with Crippen molar-refractivity contribution >= 4 is 12.0 Å². The number of hydrogen-bond donors (Lipinski definition) is 1. The molecule has 2 aliphatic heterocycles. The summed E-state index contributed by atoms with van der Waals surface area (Å²) in [6, 6.07) is -0.0938. The first-order valence-corrected chi connectivity index (χ1v) is 7.35. The predicted molar refractivity (Wildman–Crippen MR) is 72.9 cm³/mol. The molecular formula is C15H20N2O3. The Bertz CT molecular complexity index is 466. The molecule has 0 aromatic rings. The average molecular weight is 276 g/mol. The lowest BCUT2D eigenvalue weighted by Gasteiger charge is -2.30. The van der Waals surface area contributed by atoms with Gasteiger partial charge in [-0.3, -0.25) is 4.79 Å². The predicted octanol–water partition coefficient (Wildman–Crippen LogP) is 1.39. The average Bonchev–Trinajstić information content (AvgIpc) is 3.05. The summed E-state index contributed by atoms with van der Waals surface area (Å²) in [7, 11) is 0. The van der Waals surface area contributed by atoms with Gasteiger partial charge in [0.05, 0.1) is 12.5 Å². The lowest BCUT2D eigenvalue weighted by atomic mass is 9.89. The summed E-state index contributed by atoms with van der Waals surface area (Å²) >= 11 is 0. The van der Waals surface area contributed by atoms with Gasteiger partial charge in [-0.2, -0.15) is 0 Å². The minimum atomic E-state index is -0.777. The molecule has 1 aliphatic carbocycles. The van der Waals surface area contributed by atoms with Crippen LogP contribution in [0.3, 0.4) is 0 Å². The van der Waals surface area contributed by atoms with Crippen molar-refractivity contribution in [3.63, 3.8) is 0 Å². The van der Waals surface area contributed by atoms with Crippen molar-refractivity contribution in [3.05, 3.63) is 0 Å². The Labute approximate surface area is 118 Å². The Morgan fingerprint density at radius 1 is 1.30 bits per heavy atom. The number of carboxylic acids is 1. The van der Waals surface area contributed by atoms with Crippen LogP contribution in [0.4, 0.5) is 4.79 Å². The number of carbonyl (C=O) groups is 2. The SMILES string of the molecule is C#CCN(CC1CC1)C(=O)N1C2CCC1C(C(=O)O)C2. The molecule has 3 unspecified atom stereocenters. The molecule has 20 heavy (non-hydrogen) atoms. The van der Waals surface area contributed by atoms with E-state index >= 15 is 0 Å². The van der Waals surface area contributed by atoms with Crippen molar-refractivity contribution in [2.75, 3.05) is 13.1 Å². The Morgan fingerprint density at radius 2 is 2.05 bits per heavy atom. The fraction of sp³-hybridized carbons (Fsp3) is 0.733. The van der Waals surface area contributed by atoms with E-state index in [-0.39, 0.29) is 18.1 Å². The van der Waals surface area contributed by atoms with Crippen molar-refractivity contribution in [1.29, 1.82) is 0 Å². The first-order chi connectivity index (χ1) is 9.61. The minimum absolute atomic E-state index is 0.0499. The topological polar surface area (TPSA) is 60.9 Å². The Hall–Kier alpha value is -1.70. The Kier molecular flexibility index (Phi) is 3.33. The number of carboxylic acid groups (broad SMARTS) is 1. The highest BCUT2D eigenvalue weighted by Gasteiger charge is 2.52. The van der Waals surface area contributed by atoms with E-state index in [0.717, 1.165) is 19.4 Å². The Balaban J connectivity index is 1.72. The van der Waals surface area contributed by atoms with Gasteiger partial charge in [0.15, 0.2) is 0 Å². The van der Waals surface area contributed by atoms with Crippen molar-refractivity contribution in [3.8, 4) is 12.3 Å². The highest BCUT2D eigenvalue weighted by molar-refractivity contribution is 5.79. The molecule has 3 aliphatic rings. The number of rotatable bonds is 4. The van der Waals surface area contributed by atoms with Gasteiger partial charge in [0.2, 0.25) is 0 Å². The van der Waals surface area contributed by atoms with Gasteiger partial charge in [-0.1, -0.05) is 5.92 Å². The molecule has 3 rings (SSSR count). The van der Waals surface area contributed by atoms with Gasteiger partial charge >= 0.3 is 12.0 Å². The van der Waals surface area contributed by atoms with E-state index in [1.165, 1.54) is 12.8 Å². The summed E-state index contributed by atoms with van der Waals surface area (Å²) in [4.78, 5) is 27.5. The lowest BCUT2D eigenvalue weighted by Crippen LogP contribution is -2.47. The quantitative estimate of drug-likeness (QED) is 0.789. The van der Waals surface area contributed by atoms with Crippen LogP contribution in [0, 0.1) is 24.2 Å². The summed E-state index contributed by atoms with van der Waals surface area (Å²) in [6.07, 6.45) is 10.0. The van der Waals surface area contributed by atoms with Gasteiger partial charge < -0.3 is 14.9 Å². The summed E-state index contributed by atoms with van der Waals surface area (Å²) in [5.74, 6) is 1.96. The molecule has 2 bridgehead atoms. The number of fused-ring (bicyclic) bond motifs is 2. The number of hydrogen-bond acceptors (Lipinski definition) is 2. The molecule has 108 valence electrons. The number of carbonyl (C=O) groups excluding carboxylic acids is 1. The zero-order valence-electron chi connectivity index (χ0n) is 11.5. The molecule has 2 saturated heterocycles. The summed E-state index contributed by atoms with van der Waals surface area (Å²) in [6.45, 7) is 1.04. The maximum absolute atomic E-state index is 12.7. The maximum Gasteiger partial charge on any atom is 0.321 e. The zero-order chi connectivity index (χ0) is 14.3. The second-order valence-corrected chi connectivity index (χ2v) is 6.20. The molecule has 1 saturated carbocycles. The largest absolute Gasteiger partial charge is 0.481 e. The van der Waals surface area contributed by atoms with Crippen LogP contribution in [0.5, 0.6) is 0 Å². The van der Waals surface area contributed by atoms with E-state index in [1.54, 1.807) is 9.80 Å². The summed E-state index contributed by atoms with van der Waals surface area (Å²) in [5, 5.41) is 9.25. The fourth-order valence-electron chi connectivity index (χ4n) is 3.65. The summed E-state index contributed by atoms with van der Waals surface area (Å²) < 4.78 is 0. The second kappa shape index (κ2) is 5.01. The molecule has 0 aromatic carbocycles. The maximum atomic E-state index is 12.7. The molecule has 5 nitrogen and oxygen atoms in total. The number of amides is 2. The van der Waals surface area contributed by atoms with E-state index in [2.05, 4.69) is 5.92 Å². The molecule has 0 aromatic heterocycles. The van der Waals surface area contributed by atoms with Crippen LogP contribution in [0.2, 0.25) is 0 Å². The van der Waals surface area contributed by atoms with E-state index in [0.29, 0.717) is 18.9 Å². The second-order valence-electron chi connectivity index (χ2n) is 6.20. The van der Waals surface area contributed by atoms with E-state index in [1.807, 2.05) is 0 Å². The Morgan fingerprint density at radius 3 is 2.60 bits per heavy atom. The van der Waals surface area contributed by atoms with Crippen molar-refractivity contribution in [2.24, 2.45) is 11.8 Å². The van der Waals surface area contributed by atoms with Gasteiger partial charge in [0, 0.05) is 18.6 Å². The molecule has 0 spiro atoms. The van der Waals surface area contributed by atoms with Gasteiger partial charge in [0.25, 0.3) is 0 Å². The van der Waals surface area contributed by atoms with Gasteiger partial charge in [0.1, 0.15) is 0 Å². The normalized spacial score (nSPS) is 31.1. The van der Waals surface area contributed by atoms with Crippen LogP contribution >= 0.6 is 0 Å². The summed E-state index contributed by atoms with van der Waals surface area (Å²) in [5.41, 5.74) is 0. The number of nitrogens with zero attached hydrogens (tertiary/aromatic N) is 2. The van der Waals surface area contributed by atoms with Gasteiger partial charge in [-0.25, -0.2) is 4.79 Å². The van der Waals surface area contributed by atoms with Crippen molar-refractivity contribution in [2.45, 2.75) is 44.2 Å². The first-order valence-electron chi connectivity index (χ1n) is 7.35. The van der Waals surface area contributed by atoms with Crippen LogP contribution in [0.15, 0.2) is 0 Å². The highest BCUT2D eigenvalue weighted by Crippen LogP contribution is 2.42. The molecule has 1 N–H and O–H groups in total. The third-order valence-electron chi connectivity index (χ3n) is 4.80. The first kappa shape index (κ1) is 13.3. The smallest absolute Gasteiger partial charge is 0.321 e. The van der Waals surface area contributed by atoms with Crippen molar-refractivity contribution in [1.82, 2.24) is 9.80 Å². The van der Waals surface area contributed by atoms with Crippen LogP contribution < -0.4 is 0 Å². The zero-order valence-corrected chi connectivity index (χ0v) is 11.5. The number of aliphatic carboxylic acids is 1. The number of terminal acetylenes is 1. The molecule has 0 radical (unpaired) electrons. The van der Waals surface area contributed by atoms with Crippen molar-refractivity contribution < 1.29 is 14.7 Å². The lowest BCUT2D eigenvalue weighted by molar-refractivity contribution is -0.142. The van der Waals surface area contributed by atoms with Crippen LogP contribution in [0.25, 0.3) is 0 Å². The molecule has 3 fully saturated rings. The molecule has 2 amide bonds. The van der Waals surface area contributed by atoms with E-state index < -0.39 is 11.9 Å². The molecule has 5 heteroatoms. The minimum Gasteiger partial charge on any atom is -0.481 e. The number of urea groups is 1. The third-order valence-corrected chi connectivity index (χ3v) is 4.80. The molecule has 3 atom stereocenters.